The van der Waals surface area contributed by atoms with Gasteiger partial charge in [0.2, 0.25) is 0 Å². The van der Waals surface area contributed by atoms with Gasteiger partial charge in [0.25, 0.3) is 5.91 Å². The number of halogens is 3. The molecule has 27 heavy (non-hydrogen) atoms. The number of ether oxygens (including phenoxy) is 2. The van der Waals surface area contributed by atoms with Gasteiger partial charge in [-0.15, -0.1) is 0 Å². The lowest BCUT2D eigenvalue weighted by Gasteiger charge is -2.15. The highest BCUT2D eigenvalue weighted by Gasteiger charge is 2.34. The maximum atomic E-state index is 13.0. The molecule has 1 aliphatic rings. The Morgan fingerprint density at radius 3 is 2.56 bits per heavy atom. The van der Waals surface area contributed by atoms with Crippen LogP contribution in [0.1, 0.15) is 5.56 Å². The predicted molar refractivity (Wildman–Crippen MR) is 122 cm³/mol. The Balaban J connectivity index is 2.00. The molecule has 0 saturated carbocycles. The Morgan fingerprint density at radius 2 is 1.93 bits per heavy atom. The van der Waals surface area contributed by atoms with Crippen LogP contribution in [-0.4, -0.2) is 24.4 Å². The number of anilines is 1. The summed E-state index contributed by atoms with van der Waals surface area (Å²) in [6, 6.07) is 8.86. The molecule has 2 aromatic carbocycles. The first-order valence-electron chi connectivity index (χ1n) is 7.50. The van der Waals surface area contributed by atoms with Gasteiger partial charge in [-0.2, -0.15) is 0 Å². The molecule has 0 aliphatic carbocycles. The number of benzene rings is 2. The van der Waals surface area contributed by atoms with E-state index >= 15 is 0 Å². The van der Waals surface area contributed by atoms with Crippen molar-refractivity contribution in [2.75, 3.05) is 19.1 Å². The molecule has 3 rings (SSSR count). The van der Waals surface area contributed by atoms with Crippen molar-refractivity contribution in [3.05, 3.63) is 54.8 Å². The topological polar surface area (TPSA) is 38.8 Å². The summed E-state index contributed by atoms with van der Waals surface area (Å²) in [5.41, 5.74) is 1.35. The first-order valence-corrected chi connectivity index (χ1v) is 10.7. The number of thiocarbonyl (C=S) groups is 1. The van der Waals surface area contributed by atoms with Gasteiger partial charge in [-0.05, 0) is 52.3 Å². The van der Waals surface area contributed by atoms with Crippen molar-refractivity contribution in [3.8, 4) is 11.5 Å². The third-order valence-electron chi connectivity index (χ3n) is 3.72. The number of rotatable bonds is 4. The van der Waals surface area contributed by atoms with E-state index in [1.165, 1.54) is 23.8 Å². The highest BCUT2D eigenvalue weighted by molar-refractivity contribution is 9.11. The van der Waals surface area contributed by atoms with Gasteiger partial charge in [-0.25, -0.2) is 0 Å². The Hall–Kier alpha value is -1.06. The van der Waals surface area contributed by atoms with Crippen molar-refractivity contribution in [1.29, 1.82) is 0 Å². The number of hydrogen-bond acceptors (Lipinski definition) is 5. The van der Waals surface area contributed by atoms with E-state index in [4.69, 9.17) is 33.3 Å². The first kappa shape index (κ1) is 20.7. The molecule has 0 bridgehead atoms. The third kappa shape index (κ3) is 4.19. The second-order valence-corrected chi connectivity index (χ2v) is 9.20. The molecule has 0 aromatic heterocycles. The van der Waals surface area contributed by atoms with Gasteiger partial charge in [0.15, 0.2) is 4.32 Å². The fourth-order valence-electron chi connectivity index (χ4n) is 2.53. The second-order valence-electron chi connectivity index (χ2n) is 5.35. The predicted octanol–water partition coefficient (Wildman–Crippen LogP) is 6.29. The monoisotopic (exact) mass is 547 g/mol. The Kier molecular flexibility index (Phi) is 6.53. The highest BCUT2D eigenvalue weighted by atomic mass is 79.9. The van der Waals surface area contributed by atoms with E-state index in [1.807, 2.05) is 12.1 Å². The lowest BCUT2D eigenvalue weighted by Crippen LogP contribution is -2.27. The molecule has 2 aromatic rings. The zero-order chi connectivity index (χ0) is 19.7. The molecule has 1 heterocycles. The summed E-state index contributed by atoms with van der Waals surface area (Å²) < 4.78 is 12.7. The SMILES string of the molecule is COc1ccc(N2C(=O)/C(=C\c3cc(Br)cc(Br)c3OC)SC2=S)cc1Cl. The summed E-state index contributed by atoms with van der Waals surface area (Å²) >= 11 is 19.7. The molecular formula is C18H12Br2ClNO3S2. The van der Waals surface area contributed by atoms with Crippen LogP contribution >= 0.6 is 67.4 Å². The molecule has 0 spiro atoms. The minimum Gasteiger partial charge on any atom is -0.495 e. The van der Waals surface area contributed by atoms with E-state index < -0.39 is 0 Å². The lowest BCUT2D eigenvalue weighted by molar-refractivity contribution is -0.113. The minimum atomic E-state index is -0.218. The molecule has 1 saturated heterocycles. The Labute approximate surface area is 188 Å². The number of nitrogens with zero attached hydrogens (tertiary/aromatic N) is 1. The van der Waals surface area contributed by atoms with Crippen LogP contribution in [0.5, 0.6) is 11.5 Å². The van der Waals surface area contributed by atoms with Gasteiger partial charge in [-0.3, -0.25) is 9.69 Å². The van der Waals surface area contributed by atoms with Crippen LogP contribution < -0.4 is 14.4 Å². The van der Waals surface area contributed by atoms with Crippen LogP contribution in [0, 0.1) is 0 Å². The minimum absolute atomic E-state index is 0.218. The molecule has 9 heteroatoms. The average Bonchev–Trinajstić information content (AvgIpc) is 2.88. The zero-order valence-electron chi connectivity index (χ0n) is 14.1. The van der Waals surface area contributed by atoms with Crippen molar-refractivity contribution in [1.82, 2.24) is 0 Å². The number of hydrogen-bond donors (Lipinski definition) is 0. The van der Waals surface area contributed by atoms with Crippen molar-refractivity contribution >= 4 is 89.4 Å². The molecule has 0 atom stereocenters. The molecular weight excluding hydrogens is 538 g/mol. The van der Waals surface area contributed by atoms with Gasteiger partial charge in [0.1, 0.15) is 11.5 Å². The van der Waals surface area contributed by atoms with Crippen LogP contribution in [-0.2, 0) is 4.79 Å². The molecule has 4 nitrogen and oxygen atoms in total. The van der Waals surface area contributed by atoms with Crippen molar-refractivity contribution in [2.45, 2.75) is 0 Å². The van der Waals surface area contributed by atoms with E-state index in [0.29, 0.717) is 31.4 Å². The standard InChI is InChI=1S/C18H12Br2ClNO3S2/c1-24-14-4-3-11(8-13(14)21)22-17(23)15(27-18(22)26)6-9-5-10(19)7-12(20)16(9)25-2/h3-8H,1-2H3/b15-6+. The molecule has 0 unspecified atom stereocenters. The van der Waals surface area contributed by atoms with E-state index in [-0.39, 0.29) is 5.91 Å². The number of amides is 1. The van der Waals surface area contributed by atoms with E-state index in [0.717, 1.165) is 14.5 Å². The van der Waals surface area contributed by atoms with Crippen molar-refractivity contribution < 1.29 is 14.3 Å². The van der Waals surface area contributed by atoms with E-state index in [1.54, 1.807) is 31.4 Å². The van der Waals surface area contributed by atoms with Crippen molar-refractivity contribution in [2.24, 2.45) is 0 Å². The van der Waals surface area contributed by atoms with Gasteiger partial charge in [0.05, 0.1) is 34.3 Å². The summed E-state index contributed by atoms with van der Waals surface area (Å²) in [6.45, 7) is 0. The summed E-state index contributed by atoms with van der Waals surface area (Å²) in [4.78, 5) is 14.9. The van der Waals surface area contributed by atoms with Gasteiger partial charge in [-0.1, -0.05) is 51.5 Å². The fraction of sp³-hybridized carbons (Fsp3) is 0.111. The Morgan fingerprint density at radius 1 is 1.19 bits per heavy atom. The molecule has 140 valence electrons. The van der Waals surface area contributed by atoms with Crippen LogP contribution in [0.3, 0.4) is 0 Å². The highest BCUT2D eigenvalue weighted by Crippen LogP contribution is 2.40. The van der Waals surface area contributed by atoms with Gasteiger partial charge >= 0.3 is 0 Å². The van der Waals surface area contributed by atoms with Crippen LogP contribution in [0.15, 0.2) is 44.2 Å². The lowest BCUT2D eigenvalue weighted by atomic mass is 10.2. The van der Waals surface area contributed by atoms with Crippen LogP contribution in [0.2, 0.25) is 5.02 Å². The summed E-state index contributed by atoms with van der Waals surface area (Å²) in [6.07, 6.45) is 1.76. The smallest absolute Gasteiger partial charge is 0.270 e. The van der Waals surface area contributed by atoms with Gasteiger partial charge in [0, 0.05) is 10.0 Å². The van der Waals surface area contributed by atoms with Crippen LogP contribution in [0.25, 0.3) is 6.08 Å². The second kappa shape index (κ2) is 8.53. The third-order valence-corrected chi connectivity index (χ3v) is 6.36. The normalized spacial score (nSPS) is 15.6. The molecule has 0 N–H and O–H groups in total. The summed E-state index contributed by atoms with van der Waals surface area (Å²) in [7, 11) is 3.11. The zero-order valence-corrected chi connectivity index (χ0v) is 19.6. The first-order chi connectivity index (χ1) is 12.8. The number of thioether (sulfide) groups is 1. The summed E-state index contributed by atoms with van der Waals surface area (Å²) in [5, 5.41) is 0.408. The average molecular weight is 550 g/mol. The fourth-order valence-corrected chi connectivity index (χ4v) is 5.49. The Bertz CT molecular complexity index is 981. The molecule has 0 radical (unpaired) electrons. The number of methoxy groups -OCH3 is 2. The van der Waals surface area contributed by atoms with E-state index in [9.17, 15) is 4.79 Å². The van der Waals surface area contributed by atoms with Crippen molar-refractivity contribution in [3.63, 3.8) is 0 Å². The molecule has 1 aliphatic heterocycles. The maximum Gasteiger partial charge on any atom is 0.270 e. The van der Waals surface area contributed by atoms with Gasteiger partial charge < -0.3 is 9.47 Å². The van der Waals surface area contributed by atoms with Crippen LogP contribution in [0.4, 0.5) is 5.69 Å². The number of carbonyl (C=O) groups excluding carboxylic acids is 1. The summed E-state index contributed by atoms with van der Waals surface area (Å²) in [5.74, 6) is 0.950. The molecule has 1 fully saturated rings. The largest absolute Gasteiger partial charge is 0.495 e. The maximum absolute atomic E-state index is 13.0. The number of carbonyl (C=O) groups is 1. The quantitative estimate of drug-likeness (QED) is 0.331. The van der Waals surface area contributed by atoms with E-state index in [2.05, 4.69) is 31.9 Å². The molecule has 1 amide bonds.